The van der Waals surface area contributed by atoms with Gasteiger partial charge in [0.05, 0.1) is 5.92 Å². The first-order valence-electron chi connectivity index (χ1n) is 5.69. The Kier molecular flexibility index (Phi) is 3.98. The van der Waals surface area contributed by atoms with E-state index >= 15 is 0 Å². The second kappa shape index (κ2) is 5.68. The molecule has 0 aliphatic carbocycles. The third-order valence-electron chi connectivity index (χ3n) is 2.70. The zero-order valence-electron chi connectivity index (χ0n) is 9.80. The molecule has 1 unspecified atom stereocenters. The average Bonchev–Trinajstić information content (AvgIpc) is 3.00. The van der Waals surface area contributed by atoms with Gasteiger partial charge < -0.3 is 9.88 Å². The van der Waals surface area contributed by atoms with Gasteiger partial charge in [0.25, 0.3) is 0 Å². The number of nitrogens with zero attached hydrogens (tertiary/aromatic N) is 1. The van der Waals surface area contributed by atoms with E-state index in [-0.39, 0.29) is 11.8 Å². The van der Waals surface area contributed by atoms with Gasteiger partial charge in [-0.2, -0.15) is 0 Å². The average molecular weight is 248 g/mol. The molecule has 0 fully saturated rings. The topological polar surface area (TPSA) is 34.0 Å². The first kappa shape index (κ1) is 11.9. The molecule has 4 heteroatoms. The monoisotopic (exact) mass is 248 g/mol. The van der Waals surface area contributed by atoms with Crippen LogP contribution in [0.1, 0.15) is 17.7 Å². The SMILES string of the molecule is CC(C(=O)NCCn1cccc1)c1cccs1. The van der Waals surface area contributed by atoms with Gasteiger partial charge in [0.1, 0.15) is 0 Å². The molecule has 1 amide bonds. The molecule has 0 saturated heterocycles. The lowest BCUT2D eigenvalue weighted by atomic mass is 10.1. The van der Waals surface area contributed by atoms with Gasteiger partial charge in [0.2, 0.25) is 5.91 Å². The van der Waals surface area contributed by atoms with Crippen molar-refractivity contribution in [3.05, 3.63) is 46.9 Å². The minimum absolute atomic E-state index is 0.0559. The highest BCUT2D eigenvalue weighted by Gasteiger charge is 2.14. The largest absolute Gasteiger partial charge is 0.354 e. The molecule has 0 aromatic carbocycles. The Hall–Kier alpha value is -1.55. The second-order valence-electron chi connectivity index (χ2n) is 3.95. The minimum atomic E-state index is -0.0559. The summed E-state index contributed by atoms with van der Waals surface area (Å²) in [5, 5.41) is 4.95. The van der Waals surface area contributed by atoms with Crippen molar-refractivity contribution >= 4 is 17.2 Å². The molecule has 1 atom stereocenters. The highest BCUT2D eigenvalue weighted by atomic mass is 32.1. The first-order valence-corrected chi connectivity index (χ1v) is 6.57. The van der Waals surface area contributed by atoms with Crippen molar-refractivity contribution < 1.29 is 4.79 Å². The van der Waals surface area contributed by atoms with E-state index < -0.39 is 0 Å². The Balaban J connectivity index is 1.77. The molecule has 2 rings (SSSR count). The van der Waals surface area contributed by atoms with E-state index in [4.69, 9.17) is 0 Å². The fraction of sp³-hybridized carbons (Fsp3) is 0.308. The van der Waals surface area contributed by atoms with Crippen molar-refractivity contribution in [2.24, 2.45) is 0 Å². The lowest BCUT2D eigenvalue weighted by molar-refractivity contribution is -0.122. The van der Waals surface area contributed by atoms with Crippen LogP contribution in [0.2, 0.25) is 0 Å². The maximum absolute atomic E-state index is 11.9. The molecule has 2 aromatic rings. The van der Waals surface area contributed by atoms with Crippen LogP contribution in [0.3, 0.4) is 0 Å². The number of hydrogen-bond donors (Lipinski definition) is 1. The fourth-order valence-electron chi connectivity index (χ4n) is 1.65. The van der Waals surface area contributed by atoms with E-state index in [9.17, 15) is 4.79 Å². The third-order valence-corrected chi connectivity index (χ3v) is 3.75. The maximum atomic E-state index is 11.9. The van der Waals surface area contributed by atoms with Gasteiger partial charge in [-0.15, -0.1) is 11.3 Å². The molecule has 0 bridgehead atoms. The summed E-state index contributed by atoms with van der Waals surface area (Å²) in [7, 11) is 0. The molecular weight excluding hydrogens is 232 g/mol. The molecule has 0 aliphatic rings. The van der Waals surface area contributed by atoms with E-state index in [1.54, 1.807) is 11.3 Å². The van der Waals surface area contributed by atoms with Crippen LogP contribution in [0.5, 0.6) is 0 Å². The summed E-state index contributed by atoms with van der Waals surface area (Å²) in [5.41, 5.74) is 0. The van der Waals surface area contributed by atoms with Crippen molar-refractivity contribution in [2.45, 2.75) is 19.4 Å². The Morgan fingerprint density at radius 1 is 1.41 bits per heavy atom. The van der Waals surface area contributed by atoms with Crippen LogP contribution in [0.4, 0.5) is 0 Å². The number of aromatic nitrogens is 1. The number of hydrogen-bond acceptors (Lipinski definition) is 2. The molecule has 90 valence electrons. The summed E-state index contributed by atoms with van der Waals surface area (Å²) in [6.07, 6.45) is 3.99. The van der Waals surface area contributed by atoms with Crippen LogP contribution >= 0.6 is 11.3 Å². The molecule has 3 nitrogen and oxygen atoms in total. The highest BCUT2D eigenvalue weighted by molar-refractivity contribution is 7.10. The quantitative estimate of drug-likeness (QED) is 0.866. The van der Waals surface area contributed by atoms with E-state index in [1.165, 1.54) is 0 Å². The fourth-order valence-corrected chi connectivity index (χ4v) is 2.43. The van der Waals surface area contributed by atoms with E-state index in [0.717, 1.165) is 11.4 Å². The van der Waals surface area contributed by atoms with E-state index in [1.807, 2.05) is 49.0 Å². The lowest BCUT2D eigenvalue weighted by Gasteiger charge is -2.10. The Labute approximate surface area is 105 Å². The zero-order chi connectivity index (χ0) is 12.1. The van der Waals surface area contributed by atoms with Gasteiger partial charge in [-0.05, 0) is 30.5 Å². The Morgan fingerprint density at radius 3 is 2.82 bits per heavy atom. The van der Waals surface area contributed by atoms with E-state index in [0.29, 0.717) is 6.54 Å². The van der Waals surface area contributed by atoms with Crippen LogP contribution in [-0.2, 0) is 11.3 Å². The van der Waals surface area contributed by atoms with Crippen molar-refractivity contribution in [1.82, 2.24) is 9.88 Å². The summed E-state index contributed by atoms with van der Waals surface area (Å²) in [6.45, 7) is 3.43. The summed E-state index contributed by atoms with van der Waals surface area (Å²) in [6, 6.07) is 7.94. The van der Waals surface area contributed by atoms with Gasteiger partial charge in [-0.1, -0.05) is 6.07 Å². The zero-order valence-corrected chi connectivity index (χ0v) is 10.6. The van der Waals surface area contributed by atoms with Crippen molar-refractivity contribution in [1.29, 1.82) is 0 Å². The first-order chi connectivity index (χ1) is 8.27. The number of carbonyl (C=O) groups is 1. The van der Waals surface area contributed by atoms with Gasteiger partial charge in [0.15, 0.2) is 0 Å². The van der Waals surface area contributed by atoms with E-state index in [2.05, 4.69) is 9.88 Å². The summed E-state index contributed by atoms with van der Waals surface area (Å²) < 4.78 is 2.05. The van der Waals surface area contributed by atoms with Crippen LogP contribution in [0.25, 0.3) is 0 Å². The number of amides is 1. The molecule has 2 aromatic heterocycles. The lowest BCUT2D eigenvalue weighted by Crippen LogP contribution is -2.30. The van der Waals surface area contributed by atoms with Gasteiger partial charge in [-0.25, -0.2) is 0 Å². The maximum Gasteiger partial charge on any atom is 0.228 e. The van der Waals surface area contributed by atoms with Crippen LogP contribution < -0.4 is 5.32 Å². The normalized spacial score (nSPS) is 12.3. The summed E-state index contributed by atoms with van der Waals surface area (Å²) in [4.78, 5) is 13.0. The predicted octanol–water partition coefficient (Wildman–Crippen LogP) is 2.47. The second-order valence-corrected chi connectivity index (χ2v) is 4.93. The minimum Gasteiger partial charge on any atom is -0.354 e. The Bertz CT molecular complexity index is 448. The molecule has 0 aliphatic heterocycles. The molecule has 0 spiro atoms. The van der Waals surface area contributed by atoms with Crippen LogP contribution in [-0.4, -0.2) is 17.0 Å². The van der Waals surface area contributed by atoms with Crippen molar-refractivity contribution in [2.75, 3.05) is 6.54 Å². The number of rotatable bonds is 5. The predicted molar refractivity (Wildman–Crippen MR) is 70.2 cm³/mol. The highest BCUT2D eigenvalue weighted by Crippen LogP contribution is 2.20. The molecule has 17 heavy (non-hydrogen) atoms. The third kappa shape index (κ3) is 3.20. The molecule has 1 N–H and O–H groups in total. The van der Waals surface area contributed by atoms with Crippen molar-refractivity contribution in [3.63, 3.8) is 0 Å². The Morgan fingerprint density at radius 2 is 2.18 bits per heavy atom. The number of nitrogens with one attached hydrogen (secondary N) is 1. The smallest absolute Gasteiger partial charge is 0.228 e. The molecular formula is C13H16N2OS. The van der Waals surface area contributed by atoms with Crippen LogP contribution in [0, 0.1) is 0 Å². The van der Waals surface area contributed by atoms with Crippen molar-refractivity contribution in [3.8, 4) is 0 Å². The molecule has 2 heterocycles. The van der Waals surface area contributed by atoms with Gasteiger partial charge >= 0.3 is 0 Å². The standard InChI is InChI=1S/C13H16N2OS/c1-11(12-5-4-10-17-12)13(16)14-6-9-15-7-2-3-8-15/h2-5,7-8,10-11H,6,9H2,1H3,(H,14,16). The number of carbonyl (C=O) groups excluding carboxylic acids is 1. The summed E-state index contributed by atoms with van der Waals surface area (Å²) >= 11 is 1.62. The van der Waals surface area contributed by atoms with Gasteiger partial charge in [0, 0.05) is 30.4 Å². The van der Waals surface area contributed by atoms with Crippen LogP contribution in [0.15, 0.2) is 42.0 Å². The van der Waals surface area contributed by atoms with Gasteiger partial charge in [-0.3, -0.25) is 4.79 Å². The molecule has 0 saturated carbocycles. The molecule has 0 radical (unpaired) electrons. The number of thiophene rings is 1. The summed E-state index contributed by atoms with van der Waals surface area (Å²) in [5.74, 6) is 0.0410.